The third-order valence-corrected chi connectivity index (χ3v) is 12.5. The Morgan fingerprint density at radius 1 is 0.472 bits per heavy atom. The van der Waals surface area contributed by atoms with Crippen LogP contribution in [0.4, 0.5) is 0 Å². The van der Waals surface area contributed by atoms with Gasteiger partial charge in [0.15, 0.2) is 0 Å². The van der Waals surface area contributed by atoms with Crippen LogP contribution in [0.15, 0.2) is 109 Å². The van der Waals surface area contributed by atoms with Crippen molar-refractivity contribution in [1.82, 2.24) is 9.97 Å². The molecule has 1 N–H and O–H groups in total. The molecule has 2 aromatic heterocycles. The summed E-state index contributed by atoms with van der Waals surface area (Å²) in [5.41, 5.74) is 15.6. The van der Waals surface area contributed by atoms with E-state index in [0.717, 1.165) is 39.3 Å². The summed E-state index contributed by atoms with van der Waals surface area (Å²) in [7, 11) is -1.62. The lowest BCUT2D eigenvalue weighted by Crippen LogP contribution is -2.37. The molecule has 0 fully saturated rings. The molecule has 0 aliphatic heterocycles. The van der Waals surface area contributed by atoms with Gasteiger partial charge in [-0.25, -0.2) is 4.98 Å². The van der Waals surface area contributed by atoms with Crippen LogP contribution in [-0.2, 0) is 0 Å². The third-order valence-electron chi connectivity index (χ3n) is 10.5. The van der Waals surface area contributed by atoms with Crippen LogP contribution >= 0.6 is 0 Å². The lowest BCUT2D eigenvalue weighted by atomic mass is 9.84. The zero-order valence-electron chi connectivity index (χ0n) is 33.5. The average Bonchev–Trinajstić information content (AvgIpc) is 3.13. The summed E-state index contributed by atoms with van der Waals surface area (Å²) in [6.45, 7) is 25.1. The number of hydrogen-bond acceptors (Lipinski definition) is 3. The van der Waals surface area contributed by atoms with Crippen molar-refractivity contribution in [2.24, 2.45) is 0 Å². The van der Waals surface area contributed by atoms with E-state index in [2.05, 4.69) is 172 Å². The topological polar surface area (TPSA) is 46.0 Å². The molecule has 2 heterocycles. The Morgan fingerprint density at radius 2 is 0.943 bits per heavy atom. The molecule has 0 spiro atoms. The molecule has 53 heavy (non-hydrogen) atoms. The molecular formula is C49H56N2OSi. The van der Waals surface area contributed by atoms with E-state index in [0.29, 0.717) is 23.7 Å². The molecule has 6 rings (SSSR count). The van der Waals surface area contributed by atoms with E-state index in [1.54, 1.807) is 0 Å². The van der Waals surface area contributed by atoms with Gasteiger partial charge >= 0.3 is 0 Å². The van der Waals surface area contributed by atoms with Crippen LogP contribution in [0.2, 0.25) is 19.6 Å². The predicted octanol–water partition coefficient (Wildman–Crippen LogP) is 13.6. The highest BCUT2D eigenvalue weighted by Crippen LogP contribution is 2.41. The highest BCUT2D eigenvalue weighted by molar-refractivity contribution is 6.88. The fraction of sp³-hybridized carbons (Fsp3) is 0.306. The van der Waals surface area contributed by atoms with Crippen molar-refractivity contribution in [2.75, 3.05) is 0 Å². The molecule has 0 radical (unpaired) electrons. The Kier molecular flexibility index (Phi) is 10.9. The van der Waals surface area contributed by atoms with E-state index in [-0.39, 0.29) is 5.75 Å². The second-order valence-corrected chi connectivity index (χ2v) is 21.9. The van der Waals surface area contributed by atoms with Crippen LogP contribution in [0.1, 0.15) is 101 Å². The monoisotopic (exact) mass is 716 g/mol. The number of aromatic nitrogens is 2. The van der Waals surface area contributed by atoms with Gasteiger partial charge in [0.2, 0.25) is 0 Å². The summed E-state index contributed by atoms with van der Waals surface area (Å²) in [6, 6.07) is 37.0. The van der Waals surface area contributed by atoms with Crippen molar-refractivity contribution >= 4 is 13.3 Å². The average molecular weight is 717 g/mol. The van der Waals surface area contributed by atoms with Crippen LogP contribution in [0.5, 0.6) is 5.75 Å². The molecular weight excluding hydrogens is 661 g/mol. The van der Waals surface area contributed by atoms with Gasteiger partial charge < -0.3 is 5.11 Å². The van der Waals surface area contributed by atoms with Crippen LogP contribution < -0.4 is 5.19 Å². The Bertz CT molecular complexity index is 2200. The Balaban J connectivity index is 1.55. The van der Waals surface area contributed by atoms with Crippen LogP contribution in [0.25, 0.3) is 56.0 Å². The summed E-state index contributed by atoms with van der Waals surface area (Å²) < 4.78 is 0. The minimum atomic E-state index is -1.62. The van der Waals surface area contributed by atoms with Gasteiger partial charge in [0, 0.05) is 22.9 Å². The number of aromatic hydroxyl groups is 1. The molecule has 3 nitrogen and oxygen atoms in total. The van der Waals surface area contributed by atoms with Gasteiger partial charge in [-0.1, -0.05) is 141 Å². The maximum atomic E-state index is 11.5. The number of rotatable bonds is 10. The maximum Gasteiger partial charge on any atom is 0.124 e. The van der Waals surface area contributed by atoms with Crippen molar-refractivity contribution in [3.63, 3.8) is 0 Å². The molecule has 0 saturated carbocycles. The smallest absolute Gasteiger partial charge is 0.124 e. The second kappa shape index (κ2) is 15.3. The summed E-state index contributed by atoms with van der Waals surface area (Å²) in [6.07, 6.45) is 1.94. The van der Waals surface area contributed by atoms with Crippen molar-refractivity contribution in [1.29, 1.82) is 0 Å². The molecule has 272 valence electrons. The van der Waals surface area contributed by atoms with E-state index >= 15 is 0 Å². The molecule has 0 bridgehead atoms. The van der Waals surface area contributed by atoms with Crippen LogP contribution in [-0.4, -0.2) is 23.1 Å². The molecule has 0 unspecified atom stereocenters. The van der Waals surface area contributed by atoms with Gasteiger partial charge in [-0.05, 0) is 111 Å². The molecule has 0 amide bonds. The second-order valence-electron chi connectivity index (χ2n) is 16.9. The first kappa shape index (κ1) is 37.9. The number of hydrogen-bond donors (Lipinski definition) is 1. The van der Waals surface area contributed by atoms with Gasteiger partial charge in [-0.15, -0.1) is 0 Å². The fourth-order valence-corrected chi connectivity index (χ4v) is 8.68. The molecule has 0 aliphatic rings. The summed E-state index contributed by atoms with van der Waals surface area (Å²) in [5.74, 6) is 1.76. The van der Waals surface area contributed by atoms with Crippen molar-refractivity contribution < 1.29 is 5.11 Å². The van der Waals surface area contributed by atoms with Gasteiger partial charge in [0.1, 0.15) is 5.75 Å². The number of nitrogens with zero attached hydrogens (tertiary/aromatic N) is 2. The minimum absolute atomic E-state index is 0.277. The number of phenols is 1. The van der Waals surface area contributed by atoms with E-state index in [1.165, 1.54) is 44.1 Å². The predicted molar refractivity (Wildman–Crippen MR) is 230 cm³/mol. The molecule has 0 saturated heterocycles. The SMILES string of the molecule is CC(C)c1cccc(C(C)C)c1-c1ccnc(-c2cccc(-c3cc(-c4c(C(C)C)cccc4C(C)C)cc(-c4ccc([Si](C)(C)C)cc4O)n3)c2)c1. The van der Waals surface area contributed by atoms with Gasteiger partial charge in [-0.3, -0.25) is 4.98 Å². The van der Waals surface area contributed by atoms with Crippen molar-refractivity contribution in [2.45, 2.75) is 98.7 Å². The van der Waals surface area contributed by atoms with Crippen LogP contribution in [0.3, 0.4) is 0 Å². The quantitative estimate of drug-likeness (QED) is 0.144. The zero-order chi connectivity index (χ0) is 38.2. The molecule has 4 heteroatoms. The summed E-state index contributed by atoms with van der Waals surface area (Å²) >= 11 is 0. The highest BCUT2D eigenvalue weighted by atomic mass is 28.3. The molecule has 0 aliphatic carbocycles. The van der Waals surface area contributed by atoms with E-state index < -0.39 is 8.07 Å². The van der Waals surface area contributed by atoms with E-state index in [9.17, 15) is 5.11 Å². The van der Waals surface area contributed by atoms with Crippen LogP contribution in [0, 0.1) is 0 Å². The third kappa shape index (κ3) is 7.94. The van der Waals surface area contributed by atoms with Crippen molar-refractivity contribution in [3.8, 4) is 61.8 Å². The Labute approximate surface area is 319 Å². The summed E-state index contributed by atoms with van der Waals surface area (Å²) in [4.78, 5) is 10.2. The normalized spacial score (nSPS) is 12.1. The van der Waals surface area contributed by atoms with Gasteiger partial charge in [0.25, 0.3) is 0 Å². The first-order chi connectivity index (χ1) is 25.1. The maximum absolute atomic E-state index is 11.5. The lowest BCUT2D eigenvalue weighted by Gasteiger charge is -2.22. The Hall–Kier alpha value is -4.80. The fourth-order valence-electron chi connectivity index (χ4n) is 7.53. The lowest BCUT2D eigenvalue weighted by molar-refractivity contribution is 0.477. The van der Waals surface area contributed by atoms with Crippen molar-refractivity contribution in [3.05, 3.63) is 132 Å². The highest BCUT2D eigenvalue weighted by Gasteiger charge is 2.22. The number of phenolic OH excluding ortho intramolecular Hbond substituents is 1. The standard InChI is InChI=1S/C49H56N2OSi/c1-30(2)39-17-13-18-40(31(3)4)48(39)36-23-24-50-44(26-36)34-15-12-16-35(25-34)45-27-37(49-41(32(5)6)19-14-20-42(49)33(7)8)28-46(51-45)43-22-21-38(29-47(43)52)53(9,10)11/h12-33,52H,1-11H3. The Morgan fingerprint density at radius 3 is 1.45 bits per heavy atom. The zero-order valence-corrected chi connectivity index (χ0v) is 34.5. The number of pyridine rings is 2. The van der Waals surface area contributed by atoms with Gasteiger partial charge in [0.05, 0.1) is 25.2 Å². The minimum Gasteiger partial charge on any atom is -0.507 e. The first-order valence-electron chi connectivity index (χ1n) is 19.3. The molecule has 4 aromatic carbocycles. The van der Waals surface area contributed by atoms with Gasteiger partial charge in [-0.2, -0.15) is 0 Å². The molecule has 0 atom stereocenters. The van der Waals surface area contributed by atoms with E-state index in [4.69, 9.17) is 9.97 Å². The summed E-state index contributed by atoms with van der Waals surface area (Å²) in [5, 5.41) is 12.7. The number of benzene rings is 4. The first-order valence-corrected chi connectivity index (χ1v) is 22.8. The largest absolute Gasteiger partial charge is 0.507 e. The molecule has 6 aromatic rings. The van der Waals surface area contributed by atoms with E-state index in [1.807, 2.05) is 12.3 Å².